The van der Waals surface area contributed by atoms with Crippen molar-refractivity contribution in [1.29, 1.82) is 5.26 Å². The highest BCUT2D eigenvalue weighted by atomic mass is 16.1. The summed E-state index contributed by atoms with van der Waals surface area (Å²) in [4.78, 5) is 11.3. The van der Waals surface area contributed by atoms with E-state index in [0.29, 0.717) is 13.0 Å². The molecule has 1 aliphatic carbocycles. The Kier molecular flexibility index (Phi) is 4.41. The number of hydrogen-bond donors (Lipinski definition) is 2. The zero-order valence-corrected chi connectivity index (χ0v) is 8.33. The normalized spacial score (nSPS) is 25.7. The predicted octanol–water partition coefficient (Wildman–Crippen LogP) is 0.534. The maximum atomic E-state index is 11.3. The van der Waals surface area contributed by atoms with Crippen LogP contribution in [-0.4, -0.2) is 18.5 Å². The Hall–Kier alpha value is -1.08. The average molecular weight is 195 g/mol. The first-order valence-electron chi connectivity index (χ1n) is 5.17. The van der Waals surface area contributed by atoms with E-state index < -0.39 is 0 Å². The fraction of sp³-hybridized carbons (Fsp3) is 0.800. The topological polar surface area (TPSA) is 78.9 Å². The van der Waals surface area contributed by atoms with Gasteiger partial charge >= 0.3 is 0 Å². The van der Waals surface area contributed by atoms with Gasteiger partial charge in [0.2, 0.25) is 5.91 Å². The summed E-state index contributed by atoms with van der Waals surface area (Å²) in [5.41, 5.74) is 5.31. The molecule has 0 spiro atoms. The largest absolute Gasteiger partial charge is 0.352 e. The van der Waals surface area contributed by atoms with E-state index in [1.807, 2.05) is 0 Å². The van der Waals surface area contributed by atoms with Gasteiger partial charge in [-0.3, -0.25) is 4.79 Å². The molecule has 3 N–H and O–H groups in total. The van der Waals surface area contributed by atoms with Crippen molar-refractivity contribution in [2.24, 2.45) is 11.7 Å². The van der Waals surface area contributed by atoms with E-state index >= 15 is 0 Å². The first-order chi connectivity index (χ1) is 6.77. The molecule has 0 aromatic rings. The van der Waals surface area contributed by atoms with Gasteiger partial charge in [0.25, 0.3) is 0 Å². The van der Waals surface area contributed by atoms with Crippen molar-refractivity contribution >= 4 is 5.91 Å². The van der Waals surface area contributed by atoms with Crippen LogP contribution in [0.5, 0.6) is 0 Å². The number of nitriles is 1. The molecule has 4 heteroatoms. The molecule has 0 aromatic carbocycles. The molecule has 0 heterocycles. The van der Waals surface area contributed by atoms with Crippen LogP contribution >= 0.6 is 0 Å². The van der Waals surface area contributed by atoms with E-state index in [1.165, 1.54) is 0 Å². The summed E-state index contributed by atoms with van der Waals surface area (Å²) in [6.45, 7) is 0.541. The quantitative estimate of drug-likeness (QED) is 0.687. The third-order valence-electron chi connectivity index (χ3n) is 2.64. The van der Waals surface area contributed by atoms with Crippen LogP contribution in [0, 0.1) is 17.2 Å². The van der Waals surface area contributed by atoms with Gasteiger partial charge in [-0.15, -0.1) is 0 Å². The van der Waals surface area contributed by atoms with Gasteiger partial charge in [-0.05, 0) is 32.2 Å². The van der Waals surface area contributed by atoms with Gasteiger partial charge in [-0.2, -0.15) is 5.26 Å². The maximum Gasteiger partial charge on any atom is 0.220 e. The molecular formula is C10H17N3O. The van der Waals surface area contributed by atoms with E-state index in [0.717, 1.165) is 25.7 Å². The highest BCUT2D eigenvalue weighted by molar-refractivity contribution is 5.76. The van der Waals surface area contributed by atoms with Crippen LogP contribution in [0.2, 0.25) is 0 Å². The monoisotopic (exact) mass is 195 g/mol. The van der Waals surface area contributed by atoms with Gasteiger partial charge in [-0.1, -0.05) is 0 Å². The number of amides is 1. The predicted molar refractivity (Wildman–Crippen MR) is 53.2 cm³/mol. The zero-order valence-electron chi connectivity index (χ0n) is 8.33. The molecule has 78 valence electrons. The molecule has 1 rings (SSSR count). The van der Waals surface area contributed by atoms with Crippen molar-refractivity contribution in [2.45, 2.75) is 38.1 Å². The molecule has 14 heavy (non-hydrogen) atoms. The van der Waals surface area contributed by atoms with Crippen molar-refractivity contribution in [1.82, 2.24) is 5.32 Å². The molecule has 2 unspecified atom stereocenters. The second-order valence-corrected chi connectivity index (χ2v) is 3.73. The Balaban J connectivity index is 2.29. The molecule has 1 saturated carbocycles. The van der Waals surface area contributed by atoms with Crippen LogP contribution in [0.15, 0.2) is 0 Å². The lowest BCUT2D eigenvalue weighted by Crippen LogP contribution is -2.36. The summed E-state index contributed by atoms with van der Waals surface area (Å²) in [7, 11) is 0. The standard InChI is InChI=1S/C10H17N3O/c11-6-2-5-10(14)13-9-4-1-3-8(9)7-12/h8-9H,1-6,11H2,(H,13,14). The van der Waals surface area contributed by atoms with E-state index in [4.69, 9.17) is 11.0 Å². The van der Waals surface area contributed by atoms with Crippen LogP contribution in [0.1, 0.15) is 32.1 Å². The van der Waals surface area contributed by atoms with Crippen molar-refractivity contribution in [3.8, 4) is 6.07 Å². The molecule has 2 atom stereocenters. The van der Waals surface area contributed by atoms with E-state index in [-0.39, 0.29) is 17.9 Å². The minimum atomic E-state index is 0.0110. The van der Waals surface area contributed by atoms with Gasteiger partial charge in [0.05, 0.1) is 12.0 Å². The van der Waals surface area contributed by atoms with Gasteiger partial charge in [0.1, 0.15) is 0 Å². The smallest absolute Gasteiger partial charge is 0.220 e. The molecule has 0 bridgehead atoms. The van der Waals surface area contributed by atoms with Crippen molar-refractivity contribution in [2.75, 3.05) is 6.54 Å². The van der Waals surface area contributed by atoms with E-state index in [2.05, 4.69) is 11.4 Å². The molecule has 0 radical (unpaired) electrons. The Morgan fingerprint density at radius 3 is 3.00 bits per heavy atom. The summed E-state index contributed by atoms with van der Waals surface area (Å²) in [5.74, 6) is 0.0411. The van der Waals surface area contributed by atoms with Crippen LogP contribution in [0.4, 0.5) is 0 Å². The zero-order chi connectivity index (χ0) is 10.4. The highest BCUT2D eigenvalue weighted by Gasteiger charge is 2.27. The van der Waals surface area contributed by atoms with Gasteiger partial charge in [0, 0.05) is 12.5 Å². The fourth-order valence-corrected chi connectivity index (χ4v) is 1.83. The Bertz CT molecular complexity index is 234. The second-order valence-electron chi connectivity index (χ2n) is 3.73. The highest BCUT2D eigenvalue weighted by Crippen LogP contribution is 2.24. The lowest BCUT2D eigenvalue weighted by molar-refractivity contribution is -0.122. The van der Waals surface area contributed by atoms with Gasteiger partial charge in [0.15, 0.2) is 0 Å². The first-order valence-corrected chi connectivity index (χ1v) is 5.17. The summed E-state index contributed by atoms with van der Waals surface area (Å²) in [5, 5.41) is 11.7. The number of nitrogens with two attached hydrogens (primary N) is 1. The number of carbonyl (C=O) groups excluding carboxylic acids is 1. The molecule has 1 amide bonds. The average Bonchev–Trinajstić information content (AvgIpc) is 2.62. The third-order valence-corrected chi connectivity index (χ3v) is 2.64. The molecule has 1 fully saturated rings. The number of rotatable bonds is 4. The molecule has 0 aromatic heterocycles. The number of nitrogens with zero attached hydrogens (tertiary/aromatic N) is 1. The molecule has 0 saturated heterocycles. The van der Waals surface area contributed by atoms with Crippen molar-refractivity contribution in [3.63, 3.8) is 0 Å². The van der Waals surface area contributed by atoms with Crippen LogP contribution in [0.25, 0.3) is 0 Å². The minimum absolute atomic E-state index is 0.0110. The lowest BCUT2D eigenvalue weighted by atomic mass is 10.1. The van der Waals surface area contributed by atoms with Crippen LogP contribution in [-0.2, 0) is 4.79 Å². The Labute approximate surface area is 84.5 Å². The number of carbonyl (C=O) groups is 1. The third kappa shape index (κ3) is 3.00. The minimum Gasteiger partial charge on any atom is -0.352 e. The number of hydrogen-bond acceptors (Lipinski definition) is 3. The summed E-state index contributed by atoms with van der Waals surface area (Å²) in [6, 6.07) is 2.31. The maximum absolute atomic E-state index is 11.3. The second kappa shape index (κ2) is 5.61. The Morgan fingerprint density at radius 1 is 1.57 bits per heavy atom. The van der Waals surface area contributed by atoms with Crippen LogP contribution in [0.3, 0.4) is 0 Å². The summed E-state index contributed by atoms with van der Waals surface area (Å²) < 4.78 is 0. The van der Waals surface area contributed by atoms with Crippen molar-refractivity contribution < 1.29 is 4.79 Å². The van der Waals surface area contributed by atoms with E-state index in [9.17, 15) is 4.79 Å². The Morgan fingerprint density at radius 2 is 2.36 bits per heavy atom. The van der Waals surface area contributed by atoms with Gasteiger partial charge in [-0.25, -0.2) is 0 Å². The lowest BCUT2D eigenvalue weighted by Gasteiger charge is -2.15. The number of nitrogens with one attached hydrogen (secondary N) is 1. The summed E-state index contributed by atoms with van der Waals surface area (Å²) in [6.07, 6.45) is 4.09. The summed E-state index contributed by atoms with van der Waals surface area (Å²) >= 11 is 0. The fourth-order valence-electron chi connectivity index (χ4n) is 1.83. The molecule has 1 aliphatic rings. The molecule has 0 aliphatic heterocycles. The SMILES string of the molecule is N#CC1CCCC1NC(=O)CCCN. The van der Waals surface area contributed by atoms with Crippen molar-refractivity contribution in [3.05, 3.63) is 0 Å². The first kappa shape index (κ1) is 11.0. The molecule has 4 nitrogen and oxygen atoms in total. The van der Waals surface area contributed by atoms with E-state index in [1.54, 1.807) is 0 Å². The van der Waals surface area contributed by atoms with Crippen LogP contribution < -0.4 is 11.1 Å². The van der Waals surface area contributed by atoms with Gasteiger partial charge < -0.3 is 11.1 Å². The molecular weight excluding hydrogens is 178 g/mol.